The Kier molecular flexibility index (Phi) is 5.33. The van der Waals surface area contributed by atoms with E-state index in [-0.39, 0.29) is 18.1 Å². The maximum absolute atomic E-state index is 11.3. The minimum Gasteiger partial charge on any atom is -0.374 e. The van der Waals surface area contributed by atoms with Crippen LogP contribution < -0.4 is 0 Å². The highest BCUT2D eigenvalue weighted by molar-refractivity contribution is 7.86. The predicted octanol–water partition coefficient (Wildman–Crippen LogP) is 3.34. The summed E-state index contributed by atoms with van der Waals surface area (Å²) in [6.07, 6.45) is 2.14. The highest BCUT2D eigenvalue weighted by Crippen LogP contribution is 2.34. The molecular formula is C19H22O4S. The zero-order valence-corrected chi connectivity index (χ0v) is 14.5. The van der Waals surface area contributed by atoms with E-state index >= 15 is 0 Å². The van der Waals surface area contributed by atoms with Gasteiger partial charge in [-0.3, -0.25) is 4.18 Å². The fraction of sp³-hybridized carbons (Fsp3) is 0.368. The van der Waals surface area contributed by atoms with Crippen molar-refractivity contribution in [3.8, 4) is 0 Å². The quantitative estimate of drug-likeness (QED) is 0.779. The standard InChI is InChI=1S/C19H22O4S/c1-24(20,21)23-17-12-13-18(22-14-17)19(15-8-4-2-5-9-15)16-10-6-3-7-11-16/h2-11,17-19H,12-14H2,1H3. The summed E-state index contributed by atoms with van der Waals surface area (Å²) in [6, 6.07) is 20.6. The van der Waals surface area contributed by atoms with Crippen LogP contribution in [0.3, 0.4) is 0 Å². The van der Waals surface area contributed by atoms with E-state index < -0.39 is 10.1 Å². The average molecular weight is 346 g/mol. The van der Waals surface area contributed by atoms with Crippen molar-refractivity contribution in [1.29, 1.82) is 0 Å². The molecule has 0 radical (unpaired) electrons. The molecule has 1 aliphatic rings. The second kappa shape index (κ2) is 7.47. The zero-order chi connectivity index (χ0) is 17.0. The molecule has 2 aromatic rings. The summed E-state index contributed by atoms with van der Waals surface area (Å²) in [5.74, 6) is 0.131. The number of benzene rings is 2. The Balaban J connectivity index is 1.78. The molecule has 0 spiro atoms. The first-order valence-electron chi connectivity index (χ1n) is 8.13. The van der Waals surface area contributed by atoms with Crippen LogP contribution in [0, 0.1) is 0 Å². The van der Waals surface area contributed by atoms with E-state index in [0.717, 1.165) is 12.7 Å². The van der Waals surface area contributed by atoms with Gasteiger partial charge in [-0.2, -0.15) is 8.42 Å². The van der Waals surface area contributed by atoms with Crippen LogP contribution in [-0.2, 0) is 19.0 Å². The Labute approximate surface area is 143 Å². The highest BCUT2D eigenvalue weighted by atomic mass is 32.2. The maximum atomic E-state index is 11.3. The monoisotopic (exact) mass is 346 g/mol. The van der Waals surface area contributed by atoms with Crippen LogP contribution in [0.5, 0.6) is 0 Å². The van der Waals surface area contributed by atoms with E-state index in [2.05, 4.69) is 24.3 Å². The average Bonchev–Trinajstić information content (AvgIpc) is 2.57. The first-order valence-corrected chi connectivity index (χ1v) is 9.94. The molecule has 0 bridgehead atoms. The Morgan fingerprint density at radius 3 is 1.92 bits per heavy atom. The molecule has 0 N–H and O–H groups in total. The minimum absolute atomic E-state index is 0.00853. The van der Waals surface area contributed by atoms with Crippen LogP contribution >= 0.6 is 0 Å². The van der Waals surface area contributed by atoms with Crippen molar-refractivity contribution >= 4 is 10.1 Å². The van der Waals surface area contributed by atoms with Gasteiger partial charge in [-0.05, 0) is 24.0 Å². The van der Waals surface area contributed by atoms with E-state index in [0.29, 0.717) is 13.0 Å². The molecule has 128 valence electrons. The second-order valence-corrected chi connectivity index (χ2v) is 7.77. The van der Waals surface area contributed by atoms with Crippen molar-refractivity contribution in [1.82, 2.24) is 0 Å². The van der Waals surface area contributed by atoms with Gasteiger partial charge in [0.25, 0.3) is 10.1 Å². The van der Waals surface area contributed by atoms with Crippen molar-refractivity contribution in [3.05, 3.63) is 71.8 Å². The summed E-state index contributed by atoms with van der Waals surface area (Å²) < 4.78 is 33.6. The Morgan fingerprint density at radius 1 is 0.958 bits per heavy atom. The van der Waals surface area contributed by atoms with Gasteiger partial charge >= 0.3 is 0 Å². The molecule has 0 aliphatic carbocycles. The lowest BCUT2D eigenvalue weighted by atomic mass is 9.83. The third-order valence-electron chi connectivity index (χ3n) is 4.27. The SMILES string of the molecule is CS(=O)(=O)OC1CCC(C(c2ccccc2)c2ccccc2)OC1. The van der Waals surface area contributed by atoms with Crippen LogP contribution in [0.4, 0.5) is 0 Å². The third-order valence-corrected chi connectivity index (χ3v) is 4.89. The minimum atomic E-state index is -3.45. The maximum Gasteiger partial charge on any atom is 0.264 e. The number of ether oxygens (including phenoxy) is 1. The molecule has 1 saturated heterocycles. The van der Waals surface area contributed by atoms with Crippen molar-refractivity contribution < 1.29 is 17.3 Å². The topological polar surface area (TPSA) is 52.6 Å². The molecular weight excluding hydrogens is 324 g/mol. The van der Waals surface area contributed by atoms with E-state index in [1.165, 1.54) is 11.1 Å². The van der Waals surface area contributed by atoms with Gasteiger partial charge in [-0.15, -0.1) is 0 Å². The van der Waals surface area contributed by atoms with Crippen LogP contribution in [0.15, 0.2) is 60.7 Å². The first-order chi connectivity index (χ1) is 11.5. The molecule has 0 amide bonds. The second-order valence-electron chi connectivity index (χ2n) is 6.17. The van der Waals surface area contributed by atoms with Gasteiger partial charge in [-0.25, -0.2) is 0 Å². The molecule has 5 heteroatoms. The fourth-order valence-electron chi connectivity index (χ4n) is 3.28. The van der Waals surface area contributed by atoms with E-state index in [9.17, 15) is 8.42 Å². The van der Waals surface area contributed by atoms with Gasteiger partial charge in [0.15, 0.2) is 0 Å². The molecule has 0 saturated carbocycles. The molecule has 2 atom stereocenters. The highest BCUT2D eigenvalue weighted by Gasteiger charge is 2.32. The van der Waals surface area contributed by atoms with Crippen molar-refractivity contribution in [2.75, 3.05) is 12.9 Å². The van der Waals surface area contributed by atoms with Crippen LogP contribution in [-0.4, -0.2) is 33.5 Å². The summed E-state index contributed by atoms with van der Waals surface area (Å²) in [6.45, 7) is 0.300. The van der Waals surface area contributed by atoms with Crippen molar-refractivity contribution in [3.63, 3.8) is 0 Å². The van der Waals surface area contributed by atoms with E-state index in [1.807, 2.05) is 36.4 Å². The van der Waals surface area contributed by atoms with Gasteiger partial charge in [0.2, 0.25) is 0 Å². The van der Waals surface area contributed by atoms with Gasteiger partial charge in [0.05, 0.1) is 19.0 Å². The van der Waals surface area contributed by atoms with Crippen molar-refractivity contribution in [2.45, 2.75) is 31.0 Å². The normalized spacial score (nSPS) is 21.8. The van der Waals surface area contributed by atoms with Crippen molar-refractivity contribution in [2.24, 2.45) is 0 Å². The summed E-state index contributed by atoms with van der Waals surface area (Å²) >= 11 is 0. The lowest BCUT2D eigenvalue weighted by Crippen LogP contribution is -2.36. The zero-order valence-electron chi connectivity index (χ0n) is 13.7. The molecule has 2 unspecified atom stereocenters. The van der Waals surface area contributed by atoms with Crippen LogP contribution in [0.25, 0.3) is 0 Å². The van der Waals surface area contributed by atoms with Gasteiger partial charge in [0.1, 0.15) is 6.10 Å². The molecule has 24 heavy (non-hydrogen) atoms. The molecule has 3 rings (SSSR count). The Morgan fingerprint density at radius 2 is 1.50 bits per heavy atom. The largest absolute Gasteiger partial charge is 0.374 e. The fourth-order valence-corrected chi connectivity index (χ4v) is 3.92. The summed E-state index contributed by atoms with van der Waals surface area (Å²) in [5, 5.41) is 0. The predicted molar refractivity (Wildman–Crippen MR) is 93.4 cm³/mol. The van der Waals surface area contributed by atoms with Gasteiger partial charge < -0.3 is 4.74 Å². The number of hydrogen-bond acceptors (Lipinski definition) is 4. The third kappa shape index (κ3) is 4.44. The van der Waals surface area contributed by atoms with E-state index in [4.69, 9.17) is 8.92 Å². The van der Waals surface area contributed by atoms with Gasteiger partial charge in [0, 0.05) is 5.92 Å². The summed E-state index contributed by atoms with van der Waals surface area (Å²) in [4.78, 5) is 0. The van der Waals surface area contributed by atoms with Gasteiger partial charge in [-0.1, -0.05) is 60.7 Å². The summed E-state index contributed by atoms with van der Waals surface area (Å²) in [5.41, 5.74) is 2.41. The van der Waals surface area contributed by atoms with E-state index in [1.54, 1.807) is 0 Å². The number of hydrogen-bond donors (Lipinski definition) is 0. The Bertz CT molecular complexity index is 696. The molecule has 1 heterocycles. The molecule has 4 nitrogen and oxygen atoms in total. The molecule has 2 aromatic carbocycles. The molecule has 0 aromatic heterocycles. The number of rotatable bonds is 5. The smallest absolute Gasteiger partial charge is 0.264 e. The summed E-state index contributed by atoms with van der Waals surface area (Å²) in [7, 11) is -3.45. The van der Waals surface area contributed by atoms with Crippen LogP contribution in [0.1, 0.15) is 29.9 Å². The molecule has 1 aliphatic heterocycles. The lowest BCUT2D eigenvalue weighted by molar-refractivity contribution is -0.0499. The van der Waals surface area contributed by atoms with Crippen LogP contribution in [0.2, 0.25) is 0 Å². The molecule has 1 fully saturated rings. The lowest BCUT2D eigenvalue weighted by Gasteiger charge is -2.34. The first kappa shape index (κ1) is 17.1. The Hall–Kier alpha value is -1.69.